The van der Waals surface area contributed by atoms with E-state index in [2.05, 4.69) is 0 Å². The van der Waals surface area contributed by atoms with Crippen LogP contribution in [0.3, 0.4) is 0 Å². The second-order valence-electron chi connectivity index (χ2n) is 4.83. The maximum absolute atomic E-state index is 12.3. The van der Waals surface area contributed by atoms with Gasteiger partial charge in [-0.05, 0) is 30.7 Å². The molecule has 0 saturated carbocycles. The largest absolute Gasteiger partial charge is 0.486 e. The molecule has 0 aromatic heterocycles. The Labute approximate surface area is 128 Å². The van der Waals surface area contributed by atoms with Gasteiger partial charge in [0.25, 0.3) is 0 Å². The highest BCUT2D eigenvalue weighted by atomic mass is 32.2. The molecule has 0 N–H and O–H groups in total. The van der Waals surface area contributed by atoms with Crippen molar-refractivity contribution in [2.24, 2.45) is 0 Å². The average molecular weight is 300 g/mol. The Morgan fingerprint density at radius 2 is 1.86 bits per heavy atom. The molecule has 0 bridgehead atoms. The predicted octanol–water partition coefficient (Wildman–Crippen LogP) is 3.74. The molecule has 0 atom stereocenters. The van der Waals surface area contributed by atoms with Crippen molar-refractivity contribution >= 4 is 17.5 Å². The fourth-order valence-corrected chi connectivity index (χ4v) is 3.03. The van der Waals surface area contributed by atoms with Gasteiger partial charge in [-0.1, -0.05) is 24.3 Å². The third-order valence-corrected chi connectivity index (χ3v) is 4.32. The van der Waals surface area contributed by atoms with E-state index in [1.165, 1.54) is 11.8 Å². The van der Waals surface area contributed by atoms with Crippen molar-refractivity contribution in [1.29, 1.82) is 0 Å². The minimum absolute atomic E-state index is 0.146. The summed E-state index contributed by atoms with van der Waals surface area (Å²) in [6.07, 6.45) is 0. The van der Waals surface area contributed by atoms with E-state index in [9.17, 15) is 4.79 Å². The first-order valence-corrected chi connectivity index (χ1v) is 7.84. The molecule has 0 saturated heterocycles. The Kier molecular flexibility index (Phi) is 4.15. The number of fused-ring (bicyclic) bond motifs is 1. The van der Waals surface area contributed by atoms with Crippen LogP contribution in [-0.4, -0.2) is 24.7 Å². The summed E-state index contributed by atoms with van der Waals surface area (Å²) < 4.78 is 11.0. The van der Waals surface area contributed by atoms with E-state index in [1.54, 1.807) is 0 Å². The van der Waals surface area contributed by atoms with Gasteiger partial charge in [0, 0.05) is 10.5 Å². The summed E-state index contributed by atoms with van der Waals surface area (Å²) in [6, 6.07) is 13.5. The molecular formula is C17H16O3S. The lowest BCUT2D eigenvalue weighted by molar-refractivity contribution is 0.102. The second kappa shape index (κ2) is 6.22. The van der Waals surface area contributed by atoms with Crippen LogP contribution in [0.15, 0.2) is 47.4 Å². The SMILES string of the molecule is Cc1ccccc1C(=O)CSc1ccc2c(c1)OCCO2. The molecule has 0 aliphatic carbocycles. The molecule has 1 heterocycles. The molecule has 0 unspecified atom stereocenters. The van der Waals surface area contributed by atoms with E-state index in [4.69, 9.17) is 9.47 Å². The summed E-state index contributed by atoms with van der Waals surface area (Å²) >= 11 is 1.52. The highest BCUT2D eigenvalue weighted by molar-refractivity contribution is 8.00. The lowest BCUT2D eigenvalue weighted by Gasteiger charge is -2.18. The Hall–Kier alpha value is -1.94. The van der Waals surface area contributed by atoms with E-state index in [0.29, 0.717) is 19.0 Å². The number of thioether (sulfide) groups is 1. The highest BCUT2D eigenvalue weighted by Gasteiger charge is 2.13. The number of carbonyl (C=O) groups is 1. The first kappa shape index (κ1) is 14.0. The summed E-state index contributed by atoms with van der Waals surface area (Å²) in [6.45, 7) is 3.12. The second-order valence-corrected chi connectivity index (χ2v) is 5.88. The summed E-state index contributed by atoms with van der Waals surface area (Å²) in [5.41, 5.74) is 1.81. The number of carbonyl (C=O) groups excluding carboxylic acids is 1. The number of ketones is 1. The Morgan fingerprint density at radius 3 is 2.67 bits per heavy atom. The van der Waals surface area contributed by atoms with Crippen LogP contribution >= 0.6 is 11.8 Å². The van der Waals surface area contributed by atoms with Crippen molar-refractivity contribution in [3.05, 3.63) is 53.6 Å². The van der Waals surface area contributed by atoms with Crippen molar-refractivity contribution in [2.75, 3.05) is 19.0 Å². The molecule has 2 aromatic carbocycles. The molecule has 3 rings (SSSR count). The zero-order chi connectivity index (χ0) is 14.7. The Morgan fingerprint density at radius 1 is 1.10 bits per heavy atom. The van der Waals surface area contributed by atoms with E-state index >= 15 is 0 Å². The van der Waals surface area contributed by atoms with Gasteiger partial charge in [0.15, 0.2) is 17.3 Å². The van der Waals surface area contributed by atoms with Gasteiger partial charge < -0.3 is 9.47 Å². The molecule has 1 aliphatic rings. The number of aryl methyl sites for hydroxylation is 1. The number of Topliss-reactive ketones (excluding diaryl/α,β-unsaturated/α-hetero) is 1. The van der Waals surface area contributed by atoms with Gasteiger partial charge in [0.2, 0.25) is 0 Å². The zero-order valence-corrected chi connectivity index (χ0v) is 12.6. The van der Waals surface area contributed by atoms with Crippen LogP contribution in [0.5, 0.6) is 11.5 Å². The third-order valence-electron chi connectivity index (χ3n) is 3.33. The topological polar surface area (TPSA) is 35.5 Å². The van der Waals surface area contributed by atoms with Gasteiger partial charge >= 0.3 is 0 Å². The summed E-state index contributed by atoms with van der Waals surface area (Å²) in [4.78, 5) is 13.3. The smallest absolute Gasteiger partial charge is 0.173 e. The molecule has 0 fully saturated rings. The first-order valence-electron chi connectivity index (χ1n) is 6.85. The third kappa shape index (κ3) is 3.22. The predicted molar refractivity (Wildman–Crippen MR) is 83.7 cm³/mol. The maximum Gasteiger partial charge on any atom is 0.173 e. The molecule has 4 heteroatoms. The number of benzene rings is 2. The number of hydrogen-bond acceptors (Lipinski definition) is 4. The zero-order valence-electron chi connectivity index (χ0n) is 11.8. The number of ether oxygens (including phenoxy) is 2. The van der Waals surface area contributed by atoms with E-state index in [1.807, 2.05) is 49.4 Å². The first-order chi connectivity index (χ1) is 10.2. The molecular weight excluding hydrogens is 284 g/mol. The van der Waals surface area contributed by atoms with Gasteiger partial charge in [0.05, 0.1) is 5.75 Å². The fourth-order valence-electron chi connectivity index (χ4n) is 2.23. The maximum atomic E-state index is 12.3. The van der Waals surface area contributed by atoms with Gasteiger partial charge in [-0.2, -0.15) is 0 Å². The Balaban J connectivity index is 1.68. The minimum atomic E-state index is 0.146. The van der Waals surface area contributed by atoms with Crippen LogP contribution in [-0.2, 0) is 0 Å². The van der Waals surface area contributed by atoms with Gasteiger partial charge in [-0.25, -0.2) is 0 Å². The van der Waals surface area contributed by atoms with Crippen LogP contribution in [0.25, 0.3) is 0 Å². The van der Waals surface area contributed by atoms with E-state index in [-0.39, 0.29) is 5.78 Å². The summed E-state index contributed by atoms with van der Waals surface area (Å²) in [7, 11) is 0. The van der Waals surface area contributed by atoms with Crippen molar-refractivity contribution in [3.8, 4) is 11.5 Å². The minimum Gasteiger partial charge on any atom is -0.486 e. The van der Waals surface area contributed by atoms with Crippen molar-refractivity contribution < 1.29 is 14.3 Å². The van der Waals surface area contributed by atoms with E-state index < -0.39 is 0 Å². The van der Waals surface area contributed by atoms with Gasteiger partial charge in [-0.3, -0.25) is 4.79 Å². The quantitative estimate of drug-likeness (QED) is 0.636. The molecule has 1 aliphatic heterocycles. The molecule has 3 nitrogen and oxygen atoms in total. The summed E-state index contributed by atoms with van der Waals surface area (Å²) in [5.74, 6) is 2.10. The van der Waals surface area contributed by atoms with Gasteiger partial charge in [0.1, 0.15) is 13.2 Å². The normalized spacial score (nSPS) is 13.0. The molecule has 2 aromatic rings. The van der Waals surface area contributed by atoms with Crippen molar-refractivity contribution in [1.82, 2.24) is 0 Å². The van der Waals surface area contributed by atoms with Crippen molar-refractivity contribution in [3.63, 3.8) is 0 Å². The van der Waals surface area contributed by atoms with Gasteiger partial charge in [-0.15, -0.1) is 11.8 Å². The Bertz CT molecular complexity index is 667. The summed E-state index contributed by atoms with van der Waals surface area (Å²) in [5, 5.41) is 0. The standard InChI is InChI=1S/C17H16O3S/c1-12-4-2-3-5-14(12)15(18)11-21-13-6-7-16-17(10-13)20-9-8-19-16/h2-7,10H,8-9,11H2,1H3. The number of hydrogen-bond donors (Lipinski definition) is 0. The average Bonchev–Trinajstić information content (AvgIpc) is 2.53. The molecule has 0 spiro atoms. The van der Waals surface area contributed by atoms with Crippen LogP contribution in [0, 0.1) is 6.92 Å². The molecule has 0 amide bonds. The molecule has 108 valence electrons. The highest BCUT2D eigenvalue weighted by Crippen LogP contribution is 2.34. The molecule has 0 radical (unpaired) electrons. The lowest BCUT2D eigenvalue weighted by Crippen LogP contribution is -2.15. The lowest BCUT2D eigenvalue weighted by atomic mass is 10.1. The van der Waals surface area contributed by atoms with E-state index in [0.717, 1.165) is 27.5 Å². The van der Waals surface area contributed by atoms with Crippen LogP contribution in [0.2, 0.25) is 0 Å². The van der Waals surface area contributed by atoms with Crippen LogP contribution in [0.1, 0.15) is 15.9 Å². The van der Waals surface area contributed by atoms with Crippen LogP contribution in [0.4, 0.5) is 0 Å². The number of rotatable bonds is 4. The fraction of sp³-hybridized carbons (Fsp3) is 0.235. The van der Waals surface area contributed by atoms with Crippen molar-refractivity contribution in [2.45, 2.75) is 11.8 Å². The monoisotopic (exact) mass is 300 g/mol. The molecule has 21 heavy (non-hydrogen) atoms. The van der Waals surface area contributed by atoms with Crippen LogP contribution < -0.4 is 9.47 Å².